The van der Waals surface area contributed by atoms with Crippen LogP contribution in [0.5, 0.6) is 0 Å². The lowest BCUT2D eigenvalue weighted by Crippen LogP contribution is -2.54. The first-order valence-corrected chi connectivity index (χ1v) is 12.1. The Hall–Kier alpha value is -2.72. The summed E-state index contributed by atoms with van der Waals surface area (Å²) in [5.74, 6) is 0.767. The maximum absolute atomic E-state index is 13.1. The highest BCUT2D eigenvalue weighted by Gasteiger charge is 2.28. The predicted octanol–water partition coefficient (Wildman–Crippen LogP) is 2.91. The molecule has 2 N–H and O–H groups in total. The number of nitrogens with one attached hydrogen (secondary N) is 1. The number of thiophene rings is 1. The molecule has 0 saturated carbocycles. The zero-order chi connectivity index (χ0) is 24.3. The molecule has 3 aromatic rings. The predicted molar refractivity (Wildman–Crippen MR) is 130 cm³/mol. The van der Waals surface area contributed by atoms with Crippen LogP contribution >= 0.6 is 11.3 Å². The summed E-state index contributed by atoms with van der Waals surface area (Å²) in [6, 6.07) is 4.02. The Morgan fingerprint density at radius 3 is 2.73 bits per heavy atom. The number of likely N-dealkylation sites (tertiary alicyclic amines) is 1. The molecule has 0 aliphatic carbocycles. The fourth-order valence-electron chi connectivity index (χ4n) is 4.25. The van der Waals surface area contributed by atoms with Gasteiger partial charge in [0.05, 0.1) is 0 Å². The van der Waals surface area contributed by atoms with Crippen LogP contribution in [-0.4, -0.2) is 61.2 Å². The van der Waals surface area contributed by atoms with Crippen molar-refractivity contribution in [3.8, 4) is 0 Å². The van der Waals surface area contributed by atoms with Crippen molar-refractivity contribution >= 4 is 39.4 Å². The van der Waals surface area contributed by atoms with Crippen molar-refractivity contribution in [1.82, 2.24) is 24.4 Å². The summed E-state index contributed by atoms with van der Waals surface area (Å²) >= 11 is 1.60. The van der Waals surface area contributed by atoms with Crippen molar-refractivity contribution < 1.29 is 14.7 Å². The van der Waals surface area contributed by atoms with E-state index in [9.17, 15) is 9.59 Å². The first-order valence-electron chi connectivity index (χ1n) is 11.2. The van der Waals surface area contributed by atoms with Gasteiger partial charge < -0.3 is 10.4 Å². The lowest BCUT2D eigenvalue weighted by atomic mass is 9.98. The van der Waals surface area contributed by atoms with E-state index in [1.165, 1.54) is 4.68 Å². The maximum Gasteiger partial charge on any atom is 0.291 e. The van der Waals surface area contributed by atoms with Gasteiger partial charge in [-0.1, -0.05) is 13.8 Å². The average molecular weight is 476 g/mol. The van der Waals surface area contributed by atoms with Crippen LogP contribution in [0.15, 0.2) is 22.3 Å². The van der Waals surface area contributed by atoms with Crippen LogP contribution in [0, 0.1) is 0 Å². The number of piperidine rings is 1. The van der Waals surface area contributed by atoms with Crippen LogP contribution < -0.4 is 10.9 Å². The lowest BCUT2D eigenvalue weighted by Gasteiger charge is -2.41. The van der Waals surface area contributed by atoms with Crippen LogP contribution in [0.25, 0.3) is 15.7 Å². The summed E-state index contributed by atoms with van der Waals surface area (Å²) in [6.07, 6.45) is 2.02. The minimum atomic E-state index is -0.250. The second-order valence-electron chi connectivity index (χ2n) is 9.65. The molecule has 4 heterocycles. The highest BCUT2D eigenvalue weighted by molar-refractivity contribution is 7.16. The quantitative estimate of drug-likeness (QED) is 0.562. The second-order valence-corrected chi connectivity index (χ2v) is 10.5. The Bertz CT molecular complexity index is 1190. The number of carbonyl (C=O) groups is 2. The van der Waals surface area contributed by atoms with E-state index < -0.39 is 0 Å². The third-order valence-corrected chi connectivity index (χ3v) is 6.77. The summed E-state index contributed by atoms with van der Waals surface area (Å²) < 4.78 is 3.28. The lowest BCUT2D eigenvalue weighted by molar-refractivity contribution is -0.124. The normalized spacial score (nSPS) is 17.2. The maximum atomic E-state index is 13.1. The molecule has 0 bridgehead atoms. The van der Waals surface area contributed by atoms with Gasteiger partial charge in [0.25, 0.3) is 12.0 Å². The van der Waals surface area contributed by atoms with Crippen molar-refractivity contribution in [3.05, 3.63) is 33.7 Å². The fraction of sp³-hybridized carbons (Fsp3) is 0.565. The zero-order valence-corrected chi connectivity index (χ0v) is 20.7. The molecule has 9 nitrogen and oxygen atoms in total. The van der Waals surface area contributed by atoms with Gasteiger partial charge in [-0.25, -0.2) is 4.68 Å². The average Bonchev–Trinajstić information content (AvgIpc) is 3.32. The monoisotopic (exact) mass is 475 g/mol. The molecule has 0 spiro atoms. The summed E-state index contributed by atoms with van der Waals surface area (Å²) in [7, 11) is 0. The molecule has 180 valence electrons. The van der Waals surface area contributed by atoms with E-state index >= 15 is 0 Å². The largest absolute Gasteiger partial charge is 0.483 e. The van der Waals surface area contributed by atoms with Gasteiger partial charge in [-0.15, -0.1) is 11.3 Å². The van der Waals surface area contributed by atoms with E-state index in [0.717, 1.165) is 42.0 Å². The summed E-state index contributed by atoms with van der Waals surface area (Å²) in [4.78, 5) is 37.7. The number of aromatic nitrogens is 3. The molecule has 4 rings (SSSR count). The number of carbonyl (C=O) groups excluding carboxylic acids is 1. The van der Waals surface area contributed by atoms with Crippen LogP contribution in [-0.2, 0) is 16.1 Å². The SMILES string of the molecule is CC(C)c1nn(CC(=O)NC2CCCN(C(C)(C)C)C2)c(=O)c2cc3ccsc3n12.O=CO. The van der Waals surface area contributed by atoms with Gasteiger partial charge in [0.1, 0.15) is 22.7 Å². The van der Waals surface area contributed by atoms with Crippen molar-refractivity contribution in [2.45, 2.75) is 71.5 Å². The van der Waals surface area contributed by atoms with Gasteiger partial charge in [0.2, 0.25) is 5.91 Å². The van der Waals surface area contributed by atoms with E-state index in [1.807, 2.05) is 21.9 Å². The number of amides is 1. The third kappa shape index (κ3) is 5.44. The smallest absolute Gasteiger partial charge is 0.291 e. The minimum Gasteiger partial charge on any atom is -0.483 e. The third-order valence-electron chi connectivity index (χ3n) is 5.86. The molecular formula is C23H33N5O4S. The Balaban J connectivity index is 0.000000968. The zero-order valence-electron chi connectivity index (χ0n) is 19.9. The summed E-state index contributed by atoms with van der Waals surface area (Å²) in [5.41, 5.74) is 0.443. The number of nitrogens with zero attached hydrogens (tertiary/aromatic N) is 4. The molecule has 1 saturated heterocycles. The van der Waals surface area contributed by atoms with Gasteiger partial charge in [-0.05, 0) is 57.7 Å². The van der Waals surface area contributed by atoms with Crippen LogP contribution in [0.2, 0.25) is 0 Å². The molecular weight excluding hydrogens is 442 g/mol. The Kier molecular flexibility index (Phi) is 7.58. The Morgan fingerprint density at radius 2 is 2.09 bits per heavy atom. The Labute approximate surface area is 197 Å². The van der Waals surface area contributed by atoms with Gasteiger partial charge in [0, 0.05) is 29.4 Å². The topological polar surface area (TPSA) is 109 Å². The van der Waals surface area contributed by atoms with Crippen molar-refractivity contribution in [1.29, 1.82) is 0 Å². The van der Waals surface area contributed by atoms with Crippen LogP contribution in [0.4, 0.5) is 0 Å². The molecule has 1 aliphatic heterocycles. The van der Waals surface area contributed by atoms with Gasteiger partial charge in [-0.3, -0.25) is 23.7 Å². The summed E-state index contributed by atoms with van der Waals surface area (Å²) in [5, 5.41) is 17.7. The molecule has 1 amide bonds. The molecule has 3 aromatic heterocycles. The highest BCUT2D eigenvalue weighted by atomic mass is 32.1. The number of hydrogen-bond acceptors (Lipinski definition) is 6. The van der Waals surface area contributed by atoms with E-state index in [4.69, 9.17) is 9.90 Å². The first kappa shape index (κ1) is 24.9. The molecule has 1 aliphatic rings. The first-order chi connectivity index (χ1) is 15.6. The molecule has 0 radical (unpaired) electrons. The van der Waals surface area contributed by atoms with Gasteiger partial charge >= 0.3 is 0 Å². The van der Waals surface area contributed by atoms with Crippen LogP contribution in [0.3, 0.4) is 0 Å². The van der Waals surface area contributed by atoms with E-state index in [1.54, 1.807) is 11.3 Å². The molecule has 0 aromatic carbocycles. The molecule has 1 atom stereocenters. The van der Waals surface area contributed by atoms with Crippen molar-refractivity contribution in [2.24, 2.45) is 0 Å². The van der Waals surface area contributed by atoms with Crippen molar-refractivity contribution in [2.75, 3.05) is 13.1 Å². The molecule has 1 unspecified atom stereocenters. The van der Waals surface area contributed by atoms with E-state index in [2.05, 4.69) is 49.9 Å². The fourth-order valence-corrected chi connectivity index (χ4v) is 5.15. The van der Waals surface area contributed by atoms with Gasteiger partial charge in [0.15, 0.2) is 0 Å². The molecule has 10 heteroatoms. The minimum absolute atomic E-state index is 0.0557. The number of hydrogen-bond donors (Lipinski definition) is 2. The van der Waals surface area contributed by atoms with Crippen molar-refractivity contribution in [3.63, 3.8) is 0 Å². The Morgan fingerprint density at radius 1 is 1.39 bits per heavy atom. The highest BCUT2D eigenvalue weighted by Crippen LogP contribution is 2.26. The summed E-state index contributed by atoms with van der Waals surface area (Å²) in [6.45, 7) is 12.3. The van der Waals surface area contributed by atoms with Crippen LogP contribution in [0.1, 0.15) is 59.2 Å². The van der Waals surface area contributed by atoms with E-state index in [0.29, 0.717) is 5.52 Å². The number of rotatable bonds is 4. The number of carboxylic acid groups (broad SMARTS) is 1. The number of fused-ring (bicyclic) bond motifs is 3. The van der Waals surface area contributed by atoms with Gasteiger partial charge in [-0.2, -0.15) is 5.10 Å². The van der Waals surface area contributed by atoms with E-state index in [-0.39, 0.29) is 42.0 Å². The standard InChI is InChI=1S/C22H31N5O2S.CH2O2/c1-14(2)19-24-26(20(29)17-11-15-8-10-30-21(15)27(17)19)13-18(28)23-16-7-6-9-25(12-16)22(3,4)5;2-1-3/h8,10-11,14,16H,6-7,9,12-13H2,1-5H3,(H,23,28);1H,(H,2,3). The molecule has 1 fully saturated rings. The second kappa shape index (κ2) is 10.0. The molecule has 33 heavy (non-hydrogen) atoms.